The Kier molecular flexibility index (Phi) is 21.7. The van der Waals surface area contributed by atoms with E-state index >= 15 is 0 Å². The van der Waals surface area contributed by atoms with Gasteiger partial charge in [-0.05, 0) is 76.8 Å². The standard InChI is InChI=1S/C39H62F3N9O9/c1-21(2)17-28(51-37(60)38(44,19-22(3)4)39(40,41)42)35(58)50-29(18-26-13-9-8-10-14-26)36(59)49-27(15-11-12-16-43)34(57)48-25(7)33(56)47-24(6)32(55)46-23(5)31(54)45-20-30(52)53/h8-10,13-14,21-25,27-29H,11-12,15-20,43-44H2,1-7H3,(H,45,54)(H,46,55)(H,47,56)(H,48,57)(H,49,59)(H,50,58)(H,51,60)(H,52,53)/t23-,24-,25-,27-,28-,29-,38-/m0/s1. The highest BCUT2D eigenvalue weighted by molar-refractivity contribution is 5.97. The molecular weight excluding hydrogens is 795 g/mol. The van der Waals surface area contributed by atoms with Crippen molar-refractivity contribution in [1.82, 2.24) is 37.2 Å². The Balaban J connectivity index is 3.29. The number of aliphatic carboxylic acids is 1. The normalized spacial score (nSPS) is 15.5. The fraction of sp³-hybridized carbons (Fsp3) is 0.641. The molecule has 0 aliphatic heterocycles. The summed E-state index contributed by atoms with van der Waals surface area (Å²) in [6.07, 6.45) is -5.31. The Labute approximate surface area is 348 Å². The Morgan fingerprint density at radius 3 is 1.60 bits per heavy atom. The molecule has 0 fully saturated rings. The molecule has 60 heavy (non-hydrogen) atoms. The minimum absolute atomic E-state index is 0.0354. The second-order valence-corrected chi connectivity index (χ2v) is 15.6. The summed E-state index contributed by atoms with van der Waals surface area (Å²) >= 11 is 0. The van der Waals surface area contributed by atoms with Gasteiger partial charge in [0, 0.05) is 6.42 Å². The lowest BCUT2D eigenvalue weighted by molar-refractivity contribution is -0.195. The fourth-order valence-electron chi connectivity index (χ4n) is 5.84. The highest BCUT2D eigenvalue weighted by Gasteiger charge is 2.58. The maximum Gasteiger partial charge on any atom is 0.415 e. The average Bonchev–Trinajstić information content (AvgIpc) is 3.15. The SMILES string of the molecule is CC(C)C[C@H](NC(=O)[C@@](N)(CC(C)C)C(F)(F)F)C(=O)N[C@@H](Cc1ccccc1)C(=O)N[C@@H](CCCCN)C(=O)N[C@@H](C)C(=O)N[C@@H](C)C(=O)N[C@@H](C)C(=O)NCC(=O)O. The number of amides is 7. The molecule has 0 spiro atoms. The van der Waals surface area contributed by atoms with Gasteiger partial charge < -0.3 is 53.8 Å². The first-order valence-corrected chi connectivity index (χ1v) is 19.7. The van der Waals surface area contributed by atoms with Crippen molar-refractivity contribution in [3.63, 3.8) is 0 Å². The number of halogens is 3. The van der Waals surface area contributed by atoms with Gasteiger partial charge in [-0.1, -0.05) is 58.0 Å². The fourth-order valence-corrected chi connectivity index (χ4v) is 5.84. The second-order valence-electron chi connectivity index (χ2n) is 15.6. The van der Waals surface area contributed by atoms with Crippen LogP contribution in [0.3, 0.4) is 0 Å². The van der Waals surface area contributed by atoms with Crippen LogP contribution in [0.1, 0.15) is 86.1 Å². The van der Waals surface area contributed by atoms with E-state index in [0.29, 0.717) is 18.4 Å². The molecule has 12 N–H and O–H groups in total. The van der Waals surface area contributed by atoms with Gasteiger partial charge in [0.05, 0.1) is 0 Å². The van der Waals surface area contributed by atoms with Crippen LogP contribution in [0.25, 0.3) is 0 Å². The van der Waals surface area contributed by atoms with E-state index in [0.717, 1.165) is 0 Å². The van der Waals surface area contributed by atoms with E-state index in [1.165, 1.54) is 34.6 Å². The van der Waals surface area contributed by atoms with Crippen LogP contribution in [0.15, 0.2) is 30.3 Å². The first-order valence-electron chi connectivity index (χ1n) is 19.7. The largest absolute Gasteiger partial charge is 0.480 e. The van der Waals surface area contributed by atoms with Gasteiger partial charge >= 0.3 is 12.1 Å². The summed E-state index contributed by atoms with van der Waals surface area (Å²) in [5, 5.41) is 25.4. The van der Waals surface area contributed by atoms with E-state index in [1.807, 2.05) is 0 Å². The van der Waals surface area contributed by atoms with Crippen LogP contribution in [0.2, 0.25) is 0 Å². The lowest BCUT2D eigenvalue weighted by Crippen LogP contribution is -2.67. The van der Waals surface area contributed by atoms with Crippen molar-refractivity contribution in [3.8, 4) is 0 Å². The number of carboxylic acid groups (broad SMARTS) is 1. The number of carbonyl (C=O) groups is 8. The van der Waals surface area contributed by atoms with Crippen molar-refractivity contribution in [1.29, 1.82) is 0 Å². The highest BCUT2D eigenvalue weighted by Crippen LogP contribution is 2.34. The van der Waals surface area contributed by atoms with E-state index in [-0.39, 0.29) is 31.7 Å². The van der Waals surface area contributed by atoms with Crippen LogP contribution in [0.4, 0.5) is 13.2 Å². The maximum absolute atomic E-state index is 14.2. The minimum atomic E-state index is -5.15. The molecule has 338 valence electrons. The summed E-state index contributed by atoms with van der Waals surface area (Å²) in [5.74, 6) is -8.84. The number of hydrogen-bond donors (Lipinski definition) is 10. The lowest BCUT2D eigenvalue weighted by atomic mass is 9.87. The summed E-state index contributed by atoms with van der Waals surface area (Å²) < 4.78 is 42.5. The third kappa shape index (κ3) is 17.9. The number of unbranched alkanes of at least 4 members (excludes halogenated alkanes) is 1. The Hall–Kier alpha value is -5.31. The topological polar surface area (TPSA) is 293 Å². The smallest absolute Gasteiger partial charge is 0.415 e. The van der Waals surface area contributed by atoms with Gasteiger partial charge in [-0.3, -0.25) is 38.4 Å². The zero-order chi connectivity index (χ0) is 46.0. The molecule has 7 amide bonds. The van der Waals surface area contributed by atoms with Crippen LogP contribution in [-0.4, -0.2) is 113 Å². The molecule has 0 saturated carbocycles. The number of carboxylic acids is 1. The maximum atomic E-state index is 14.2. The summed E-state index contributed by atoms with van der Waals surface area (Å²) in [6, 6.07) is 0.567. The third-order valence-electron chi connectivity index (χ3n) is 9.14. The molecule has 0 heterocycles. The minimum Gasteiger partial charge on any atom is -0.480 e. The quantitative estimate of drug-likeness (QED) is 0.0579. The Morgan fingerprint density at radius 2 is 1.12 bits per heavy atom. The van der Waals surface area contributed by atoms with Crippen molar-refractivity contribution in [2.24, 2.45) is 23.3 Å². The number of benzene rings is 1. The molecule has 0 bridgehead atoms. The van der Waals surface area contributed by atoms with Crippen molar-refractivity contribution >= 4 is 47.3 Å². The van der Waals surface area contributed by atoms with Crippen molar-refractivity contribution in [2.45, 2.75) is 135 Å². The van der Waals surface area contributed by atoms with Gasteiger partial charge in [-0.25, -0.2) is 0 Å². The van der Waals surface area contributed by atoms with E-state index in [2.05, 4.69) is 37.2 Å². The predicted octanol–water partition coefficient (Wildman–Crippen LogP) is -0.121. The molecule has 0 aromatic heterocycles. The average molecular weight is 858 g/mol. The van der Waals surface area contributed by atoms with Crippen LogP contribution in [0, 0.1) is 11.8 Å². The van der Waals surface area contributed by atoms with E-state index < -0.39 is 114 Å². The zero-order valence-electron chi connectivity index (χ0n) is 35.2. The summed E-state index contributed by atoms with van der Waals surface area (Å²) in [5.41, 5.74) is 8.58. The molecule has 0 unspecified atom stereocenters. The molecule has 21 heteroatoms. The summed E-state index contributed by atoms with van der Waals surface area (Å²) in [6.45, 7) is 9.82. The number of rotatable bonds is 25. The molecule has 0 saturated heterocycles. The van der Waals surface area contributed by atoms with Gasteiger partial charge in [0.1, 0.15) is 42.8 Å². The number of alkyl halides is 3. The van der Waals surface area contributed by atoms with Crippen LogP contribution < -0.4 is 48.7 Å². The van der Waals surface area contributed by atoms with Crippen molar-refractivity contribution in [2.75, 3.05) is 13.1 Å². The molecule has 0 aliphatic carbocycles. The molecule has 18 nitrogen and oxygen atoms in total. The van der Waals surface area contributed by atoms with E-state index in [9.17, 15) is 51.5 Å². The van der Waals surface area contributed by atoms with E-state index in [4.69, 9.17) is 16.6 Å². The number of carbonyl (C=O) groups excluding carboxylic acids is 7. The number of nitrogens with one attached hydrogen (secondary N) is 7. The molecule has 7 atom stereocenters. The number of nitrogens with two attached hydrogens (primary N) is 2. The molecule has 1 aromatic rings. The first-order chi connectivity index (χ1) is 27.8. The van der Waals surface area contributed by atoms with Gasteiger partial charge in [0.25, 0.3) is 0 Å². The van der Waals surface area contributed by atoms with Gasteiger partial charge in [-0.15, -0.1) is 0 Å². The third-order valence-corrected chi connectivity index (χ3v) is 9.14. The van der Waals surface area contributed by atoms with Crippen molar-refractivity contribution < 1.29 is 56.6 Å². The molecule has 0 aliphatic rings. The van der Waals surface area contributed by atoms with Crippen LogP contribution >= 0.6 is 0 Å². The van der Waals surface area contributed by atoms with Crippen LogP contribution in [-0.2, 0) is 44.8 Å². The van der Waals surface area contributed by atoms with Crippen molar-refractivity contribution in [3.05, 3.63) is 35.9 Å². The zero-order valence-corrected chi connectivity index (χ0v) is 35.2. The molecular formula is C39H62F3N9O9. The van der Waals surface area contributed by atoms with E-state index in [1.54, 1.807) is 44.2 Å². The molecule has 1 rings (SSSR count). The summed E-state index contributed by atoms with van der Waals surface area (Å²) in [7, 11) is 0. The Morgan fingerprint density at radius 1 is 0.633 bits per heavy atom. The monoisotopic (exact) mass is 857 g/mol. The Bertz CT molecular complexity index is 1630. The van der Waals surface area contributed by atoms with Gasteiger partial charge in [0.2, 0.25) is 41.4 Å². The highest BCUT2D eigenvalue weighted by atomic mass is 19.4. The summed E-state index contributed by atoms with van der Waals surface area (Å²) in [4.78, 5) is 103. The molecule has 0 radical (unpaired) electrons. The van der Waals surface area contributed by atoms with Crippen LogP contribution in [0.5, 0.6) is 0 Å². The first kappa shape index (κ1) is 52.7. The lowest BCUT2D eigenvalue weighted by Gasteiger charge is -2.34. The molecule has 1 aromatic carbocycles. The predicted molar refractivity (Wildman–Crippen MR) is 214 cm³/mol. The van der Waals surface area contributed by atoms with Gasteiger partial charge in [0.15, 0.2) is 5.54 Å². The number of hydrogen-bond acceptors (Lipinski definition) is 10. The van der Waals surface area contributed by atoms with Gasteiger partial charge in [-0.2, -0.15) is 13.2 Å². The second kappa shape index (κ2) is 24.7.